The molecule has 1 aliphatic heterocycles. The molecule has 1 amide bonds. The molecule has 2 heterocycles. The molecular weight excluding hydrogens is 350 g/mol. The Kier molecular flexibility index (Phi) is 5.68. The van der Waals surface area contributed by atoms with Crippen molar-refractivity contribution in [1.82, 2.24) is 14.2 Å². The van der Waals surface area contributed by atoms with Crippen molar-refractivity contribution in [2.24, 2.45) is 0 Å². The lowest BCUT2D eigenvalue weighted by molar-refractivity contribution is 0.0725. The molecule has 26 heavy (non-hydrogen) atoms. The highest BCUT2D eigenvalue weighted by atomic mass is 32.2. The lowest BCUT2D eigenvalue weighted by Crippen LogP contribution is -2.48. The number of benzene rings is 1. The second-order valence-corrected chi connectivity index (χ2v) is 8.86. The third-order valence-corrected chi connectivity index (χ3v) is 6.89. The first-order chi connectivity index (χ1) is 12.5. The first kappa shape index (κ1) is 18.5. The predicted octanol–water partition coefficient (Wildman–Crippen LogP) is 2.15. The molecule has 1 aliphatic rings. The average molecular weight is 373 g/mol. The summed E-state index contributed by atoms with van der Waals surface area (Å²) in [5, 5.41) is -0.578. The predicted molar refractivity (Wildman–Crippen MR) is 100.0 cm³/mol. The third-order valence-electron chi connectivity index (χ3n) is 4.67. The van der Waals surface area contributed by atoms with E-state index in [1.165, 1.54) is 4.31 Å². The molecule has 1 aromatic heterocycles. The zero-order valence-corrected chi connectivity index (χ0v) is 15.6. The highest BCUT2D eigenvalue weighted by molar-refractivity contribution is 7.89. The van der Waals surface area contributed by atoms with E-state index in [4.69, 9.17) is 0 Å². The molecule has 0 N–H and O–H groups in total. The maximum atomic E-state index is 13.0. The summed E-state index contributed by atoms with van der Waals surface area (Å²) in [5.74, 6) is -0.111. The fourth-order valence-corrected chi connectivity index (χ4v) is 4.89. The molecule has 2 aromatic rings. The smallest absolute Gasteiger partial charge is 0.253 e. The van der Waals surface area contributed by atoms with Gasteiger partial charge in [-0.25, -0.2) is 12.7 Å². The number of amides is 1. The van der Waals surface area contributed by atoms with Crippen molar-refractivity contribution in [3.8, 4) is 0 Å². The van der Waals surface area contributed by atoms with E-state index in [2.05, 4.69) is 4.98 Å². The first-order valence-electron chi connectivity index (χ1n) is 8.67. The molecule has 0 unspecified atom stereocenters. The zero-order chi connectivity index (χ0) is 18.6. The number of aromatic nitrogens is 1. The number of piperidine rings is 1. The van der Waals surface area contributed by atoms with E-state index in [0.29, 0.717) is 24.9 Å². The normalized spacial score (nSPS) is 18.1. The van der Waals surface area contributed by atoms with Gasteiger partial charge in [-0.15, -0.1) is 0 Å². The van der Waals surface area contributed by atoms with Crippen LogP contribution in [0.4, 0.5) is 0 Å². The topological polar surface area (TPSA) is 70.6 Å². The number of nitrogens with zero attached hydrogens (tertiary/aromatic N) is 3. The number of likely N-dealkylation sites (tertiary alicyclic amines) is 1. The van der Waals surface area contributed by atoms with Gasteiger partial charge in [0.25, 0.3) is 5.91 Å². The minimum atomic E-state index is -3.50. The van der Waals surface area contributed by atoms with E-state index in [9.17, 15) is 13.2 Å². The van der Waals surface area contributed by atoms with Gasteiger partial charge >= 0.3 is 0 Å². The van der Waals surface area contributed by atoms with Crippen LogP contribution in [-0.4, -0.2) is 53.9 Å². The molecule has 1 fully saturated rings. The van der Waals surface area contributed by atoms with Crippen molar-refractivity contribution in [2.75, 3.05) is 20.1 Å². The summed E-state index contributed by atoms with van der Waals surface area (Å²) in [5.41, 5.74) is 1.43. The van der Waals surface area contributed by atoms with Crippen molar-refractivity contribution in [3.05, 3.63) is 66.0 Å². The van der Waals surface area contributed by atoms with Gasteiger partial charge in [-0.05, 0) is 36.6 Å². The molecule has 1 aromatic carbocycles. The fourth-order valence-electron chi connectivity index (χ4n) is 3.22. The number of pyridine rings is 1. The maximum Gasteiger partial charge on any atom is 0.253 e. The van der Waals surface area contributed by atoms with Gasteiger partial charge in [-0.2, -0.15) is 0 Å². The minimum absolute atomic E-state index is 0.111. The number of hydrogen-bond acceptors (Lipinski definition) is 4. The van der Waals surface area contributed by atoms with Crippen LogP contribution in [0.2, 0.25) is 0 Å². The largest absolute Gasteiger partial charge is 0.337 e. The van der Waals surface area contributed by atoms with Crippen molar-refractivity contribution in [1.29, 1.82) is 0 Å². The molecule has 3 rings (SSSR count). The van der Waals surface area contributed by atoms with Gasteiger partial charge in [0, 0.05) is 44.6 Å². The summed E-state index contributed by atoms with van der Waals surface area (Å²) in [6.07, 6.45) is 4.58. The average Bonchev–Trinajstić information content (AvgIpc) is 2.69. The van der Waals surface area contributed by atoms with Gasteiger partial charge in [0.15, 0.2) is 0 Å². The van der Waals surface area contributed by atoms with Crippen LogP contribution in [0.15, 0.2) is 54.9 Å². The third kappa shape index (κ3) is 4.11. The van der Waals surface area contributed by atoms with Crippen LogP contribution >= 0.6 is 0 Å². The lowest BCUT2D eigenvalue weighted by atomic mass is 10.1. The van der Waals surface area contributed by atoms with Gasteiger partial charge in [0.05, 0.1) is 5.25 Å². The SMILES string of the molecule is CN(Cc1cccnc1)S(=O)(=O)[C@@H]1CCCN(C(=O)c2ccccc2)C1. The zero-order valence-electron chi connectivity index (χ0n) is 14.8. The van der Waals surface area contributed by atoms with Crippen LogP contribution in [0.25, 0.3) is 0 Å². The van der Waals surface area contributed by atoms with E-state index in [1.54, 1.807) is 42.5 Å². The van der Waals surface area contributed by atoms with Gasteiger partial charge in [0.1, 0.15) is 0 Å². The van der Waals surface area contributed by atoms with Crippen LogP contribution in [0.5, 0.6) is 0 Å². The molecule has 1 saturated heterocycles. The summed E-state index contributed by atoms with van der Waals surface area (Å²) in [7, 11) is -1.91. The summed E-state index contributed by atoms with van der Waals surface area (Å²) in [6.45, 7) is 1.10. The maximum absolute atomic E-state index is 13.0. The van der Waals surface area contributed by atoms with Crippen molar-refractivity contribution >= 4 is 15.9 Å². The highest BCUT2D eigenvalue weighted by Crippen LogP contribution is 2.22. The number of rotatable bonds is 5. The summed E-state index contributed by atoms with van der Waals surface area (Å²) in [4.78, 5) is 18.3. The Morgan fingerprint density at radius 2 is 2.00 bits per heavy atom. The van der Waals surface area contributed by atoms with Gasteiger partial charge in [-0.3, -0.25) is 9.78 Å². The Hall–Kier alpha value is -2.25. The second-order valence-electron chi connectivity index (χ2n) is 6.54. The Bertz CT molecular complexity index is 841. The molecular formula is C19H23N3O3S. The fraction of sp³-hybridized carbons (Fsp3) is 0.368. The molecule has 6 nitrogen and oxygen atoms in total. The highest BCUT2D eigenvalue weighted by Gasteiger charge is 2.35. The van der Waals surface area contributed by atoms with E-state index in [1.807, 2.05) is 24.3 Å². The lowest BCUT2D eigenvalue weighted by Gasteiger charge is -2.34. The molecule has 0 spiro atoms. The van der Waals surface area contributed by atoms with E-state index in [0.717, 1.165) is 5.56 Å². The molecule has 0 saturated carbocycles. The van der Waals surface area contributed by atoms with Crippen molar-refractivity contribution < 1.29 is 13.2 Å². The molecule has 0 aliphatic carbocycles. The van der Waals surface area contributed by atoms with Crippen LogP contribution in [-0.2, 0) is 16.6 Å². The van der Waals surface area contributed by atoms with Gasteiger partial charge < -0.3 is 4.90 Å². The van der Waals surface area contributed by atoms with Crippen molar-refractivity contribution in [3.63, 3.8) is 0 Å². The van der Waals surface area contributed by atoms with E-state index >= 15 is 0 Å². The summed E-state index contributed by atoms with van der Waals surface area (Å²) >= 11 is 0. The number of carbonyl (C=O) groups is 1. The number of sulfonamides is 1. The standard InChI is InChI=1S/C19H23N3O3S/c1-21(14-16-7-5-11-20-13-16)26(24,25)18-10-6-12-22(15-18)19(23)17-8-3-2-4-9-17/h2-5,7-9,11,13,18H,6,10,12,14-15H2,1H3/t18-/m1/s1. The van der Waals surface area contributed by atoms with Crippen LogP contribution in [0.1, 0.15) is 28.8 Å². The monoisotopic (exact) mass is 373 g/mol. The van der Waals surface area contributed by atoms with Gasteiger partial charge in [0.2, 0.25) is 10.0 Å². The first-order valence-corrected chi connectivity index (χ1v) is 10.2. The number of carbonyl (C=O) groups excluding carboxylic acids is 1. The number of hydrogen-bond donors (Lipinski definition) is 0. The molecule has 0 radical (unpaired) electrons. The Morgan fingerprint density at radius 1 is 1.23 bits per heavy atom. The van der Waals surface area contributed by atoms with E-state index < -0.39 is 15.3 Å². The molecule has 0 bridgehead atoms. The van der Waals surface area contributed by atoms with E-state index in [-0.39, 0.29) is 19.0 Å². The second kappa shape index (κ2) is 7.97. The van der Waals surface area contributed by atoms with Crippen LogP contribution < -0.4 is 0 Å². The quantitative estimate of drug-likeness (QED) is 0.805. The van der Waals surface area contributed by atoms with Gasteiger partial charge in [-0.1, -0.05) is 24.3 Å². The van der Waals surface area contributed by atoms with Crippen LogP contribution in [0, 0.1) is 0 Å². The Balaban J connectivity index is 1.70. The Labute approximate surface area is 154 Å². The van der Waals surface area contributed by atoms with Crippen LogP contribution in [0.3, 0.4) is 0 Å². The molecule has 138 valence electrons. The summed E-state index contributed by atoms with van der Waals surface area (Å²) in [6, 6.07) is 12.6. The van der Waals surface area contributed by atoms with Crippen molar-refractivity contribution in [2.45, 2.75) is 24.6 Å². The Morgan fingerprint density at radius 3 is 2.69 bits per heavy atom. The summed E-state index contributed by atoms with van der Waals surface area (Å²) < 4.78 is 27.3. The minimum Gasteiger partial charge on any atom is -0.337 e. The molecule has 1 atom stereocenters. The molecule has 7 heteroatoms.